The summed E-state index contributed by atoms with van der Waals surface area (Å²) in [5.41, 5.74) is 23.4. The maximum Gasteiger partial charge on any atom is 0.342 e. The summed E-state index contributed by atoms with van der Waals surface area (Å²) in [6, 6.07) is 44.4. The number of rotatable bonds is 35. The number of hydrogen-bond acceptors (Lipinski definition) is 38. The molecule has 23 N–H and O–H groups in total. The second-order valence-electron chi connectivity index (χ2n) is 25.8. The smallest absolute Gasteiger partial charge is 0.342 e. The number of hydrazone groups is 3. The number of esters is 1. The van der Waals surface area contributed by atoms with Gasteiger partial charge in [0.25, 0.3) is 33.4 Å². The molecule has 0 bridgehead atoms. The number of pyridine rings is 1. The molecule has 0 spiro atoms. The fraction of sp³-hybridized carbons (Fsp3) is 0.136. The van der Waals surface area contributed by atoms with Crippen LogP contribution in [0.5, 0.6) is 0 Å². The lowest BCUT2D eigenvalue weighted by Crippen LogP contribution is -2.26. The third-order valence-electron chi connectivity index (χ3n) is 15.5. The number of carboxylic acids is 2. The van der Waals surface area contributed by atoms with Gasteiger partial charge in [-0.15, -0.1) is 0 Å². The number of carbonyl (C=O) groups is 9. The van der Waals surface area contributed by atoms with Crippen LogP contribution in [0.1, 0.15) is 72.7 Å². The molecule has 12 rings (SSSR count). The first-order chi connectivity index (χ1) is 65.7. The molecule has 0 aliphatic rings. The molecule has 0 radical (unpaired) electrons. The fourth-order valence-corrected chi connectivity index (χ4v) is 13.9. The molecule has 0 aliphatic heterocycles. The van der Waals surface area contributed by atoms with E-state index in [4.69, 9.17) is 27.4 Å². The Bertz CT molecular complexity index is 6830. The highest BCUT2D eigenvalue weighted by molar-refractivity contribution is 9.10. The van der Waals surface area contributed by atoms with Crippen molar-refractivity contribution in [2.45, 2.75) is 56.4 Å². The van der Waals surface area contributed by atoms with Crippen LogP contribution in [0.15, 0.2) is 270 Å². The van der Waals surface area contributed by atoms with Gasteiger partial charge in [0, 0.05) is 89.5 Å². The predicted molar refractivity (Wildman–Crippen MR) is 518 cm³/mol. The number of carboxylic acid groups (broad SMARTS) is 2. The Morgan fingerprint density at radius 2 is 0.832 bits per heavy atom. The molecule has 56 heteroatoms. The first-order valence-corrected chi connectivity index (χ1v) is 45.4. The van der Waals surface area contributed by atoms with Crippen molar-refractivity contribution in [3.05, 3.63) is 313 Å². The Morgan fingerprint density at radius 1 is 0.438 bits per heavy atom. The van der Waals surface area contributed by atoms with Gasteiger partial charge in [-0.1, -0.05) is 153 Å². The monoisotopic (exact) mass is 2050 g/mol. The number of thioether (sulfide) groups is 6. The number of nitrogen functional groups attached to an aromatic ring is 3. The van der Waals surface area contributed by atoms with Crippen LogP contribution in [0.2, 0.25) is 0 Å². The molecule has 0 saturated carbocycles. The number of anilines is 5. The van der Waals surface area contributed by atoms with Gasteiger partial charge in [-0.25, -0.2) is 75.3 Å². The van der Waals surface area contributed by atoms with E-state index in [1.54, 1.807) is 66.9 Å². The number of nitrogens with one attached hydrogen (secondary N) is 15. The van der Waals surface area contributed by atoms with Gasteiger partial charge in [-0.05, 0) is 108 Å². The summed E-state index contributed by atoms with van der Waals surface area (Å²) >= 11 is 9.66. The zero-order chi connectivity index (χ0) is 99.4. The number of amides is 6. The lowest BCUT2D eigenvalue weighted by molar-refractivity contribution is -0.121. The van der Waals surface area contributed by atoms with E-state index in [1.165, 1.54) is 116 Å². The zero-order valence-corrected chi connectivity index (χ0v) is 77.3. The van der Waals surface area contributed by atoms with Crippen molar-refractivity contribution in [1.82, 2.24) is 102 Å². The van der Waals surface area contributed by atoms with E-state index in [2.05, 4.69) is 134 Å². The fourth-order valence-electron chi connectivity index (χ4n) is 9.31. The van der Waals surface area contributed by atoms with Crippen molar-refractivity contribution >= 4 is 193 Å². The van der Waals surface area contributed by atoms with Crippen molar-refractivity contribution in [1.29, 1.82) is 0 Å². The molecule has 6 amide bonds. The number of nitrogens with two attached hydrogens (primary N) is 3. The van der Waals surface area contributed by atoms with Gasteiger partial charge in [-0.3, -0.25) is 77.5 Å². The lowest BCUT2D eigenvalue weighted by Gasteiger charge is -2.06. The third kappa shape index (κ3) is 43.7. The number of benzene rings is 5. The van der Waals surface area contributed by atoms with Gasteiger partial charge in [0.1, 0.15) is 17.5 Å². The molecule has 49 nitrogen and oxygen atoms in total. The number of allylic oxidation sites excluding steroid dienone is 1. The summed E-state index contributed by atoms with van der Waals surface area (Å²) in [7, 11) is 1.30. The van der Waals surface area contributed by atoms with Crippen LogP contribution < -0.4 is 99.9 Å². The summed E-state index contributed by atoms with van der Waals surface area (Å²) in [6.45, 7) is 0.316. The van der Waals surface area contributed by atoms with Gasteiger partial charge in [0.2, 0.25) is 35.4 Å². The number of aromatic nitrogens is 16. The van der Waals surface area contributed by atoms with Gasteiger partial charge in [0.05, 0.1) is 59.2 Å². The van der Waals surface area contributed by atoms with Crippen molar-refractivity contribution < 1.29 is 58.1 Å². The molecule has 712 valence electrons. The summed E-state index contributed by atoms with van der Waals surface area (Å²) < 4.78 is 5.55. The van der Waals surface area contributed by atoms with Crippen LogP contribution in [-0.4, -0.2) is 204 Å². The largest absolute Gasteiger partial charge is 0.478 e. The van der Waals surface area contributed by atoms with E-state index < -0.39 is 69.4 Å². The number of aromatic amines is 9. The van der Waals surface area contributed by atoms with Crippen LogP contribution >= 0.6 is 86.5 Å². The second-order valence-corrected chi connectivity index (χ2v) is 32.9. The van der Waals surface area contributed by atoms with Gasteiger partial charge < -0.3 is 63.1 Å². The lowest BCUT2D eigenvalue weighted by atomic mass is 10.1. The van der Waals surface area contributed by atoms with E-state index in [0.29, 0.717) is 61.9 Å². The quantitative estimate of drug-likeness (QED) is 0.00891. The third-order valence-corrected chi connectivity index (χ3v) is 21.5. The van der Waals surface area contributed by atoms with Crippen LogP contribution in [-0.2, 0) is 40.0 Å². The van der Waals surface area contributed by atoms with Crippen molar-refractivity contribution in [2.24, 2.45) is 15.3 Å². The molecule has 12 aromatic rings. The highest BCUT2D eigenvalue weighted by Gasteiger charge is 2.15. The number of aromatic carboxylic acids is 2. The standard InChI is InChI=1S/2C15H16N4O4S.C14H13N5O3S.C14H14N4O4S.C12H10BrN5O3S.C11H10N6O3S/c1-23-14(22)9-2-4-10(5-3-9)17-12(20)6-7-24-15-18-11(16)8-13(21)19-15;16-11-7-13(21)19-15(18-11)24-6-5-12(20)17-8-9-1-3-10(4-2-9)14(22)23;20-11(9-23-13-12(21)16-14(22)19-18-13)17-15-8-4-7-10-5-2-1-3-6-10;15-10-7-12(20)18-14(17-10)23-6-5-11(19)16-9-3-1-8(2-4-9)13(21)22;13-8-3-1-7(2-4-8)5-14-16-9(19)6-22-11-10(20)15-12(21)18-17-11;18-8(15-13-5-7-3-1-2-4-12-7)6-21-10-9(19)14-11(20)17-16-10/h2-5,8H,6-7H2,1H3,(H,17,20)(H3,16,18,19,21);1-4,7H,5-6,8H2,(H,17,20)(H,22,23)(H3,16,18,19,21);1-8H,9H2,(H,17,20)(H2,16,19,21,22);1-4,7H,5-6H2,(H,16,19)(H,21,22)(H3,15,17,18,20);1-5H,6H2,(H,16,19)(H2,15,18,20,21);1-5H,6H2,(H,15,18)(H2,14,17,19,20)/b;;7-4+,15-8+;;14-5+;13-5+. The van der Waals surface area contributed by atoms with Gasteiger partial charge in [-0.2, -0.15) is 30.6 Å². The molecule has 0 aliphatic carbocycles. The minimum Gasteiger partial charge on any atom is -0.478 e. The van der Waals surface area contributed by atoms with E-state index in [9.17, 15) is 86.3 Å². The van der Waals surface area contributed by atoms with E-state index in [0.717, 1.165) is 56.4 Å². The Labute approximate surface area is 802 Å². The Balaban J connectivity index is 0.000000224. The minimum absolute atomic E-state index is 0.00143. The normalized spacial score (nSPS) is 10.6. The summed E-state index contributed by atoms with van der Waals surface area (Å²) in [5.74, 6) is -2.75. The van der Waals surface area contributed by atoms with Crippen LogP contribution in [0.4, 0.5) is 28.8 Å². The molecule has 0 saturated heterocycles. The van der Waals surface area contributed by atoms with Crippen LogP contribution in [0.25, 0.3) is 6.08 Å². The van der Waals surface area contributed by atoms with Crippen molar-refractivity contribution in [2.75, 3.05) is 69.5 Å². The molecule has 0 unspecified atom stereocenters. The summed E-state index contributed by atoms with van der Waals surface area (Å²) in [5, 5.41) is 55.0. The van der Waals surface area contributed by atoms with Crippen molar-refractivity contribution in [3.63, 3.8) is 0 Å². The average Bonchev–Trinajstić information content (AvgIpc) is 0.887. The Morgan fingerprint density at radius 3 is 1.23 bits per heavy atom. The van der Waals surface area contributed by atoms with Crippen LogP contribution in [0.3, 0.4) is 0 Å². The first kappa shape index (κ1) is 108. The predicted octanol–water partition coefficient (Wildman–Crippen LogP) is 3.20. The van der Waals surface area contributed by atoms with Crippen molar-refractivity contribution in [3.8, 4) is 0 Å². The molecule has 137 heavy (non-hydrogen) atoms. The maximum atomic E-state index is 11.9. The number of methoxy groups -OCH3 is 1. The summed E-state index contributed by atoms with van der Waals surface area (Å²) in [4.78, 5) is 232. The number of nitrogens with zero attached hydrogens (tertiary/aromatic N) is 10. The molecule has 5 aromatic carbocycles. The molecular formula is C81H79BrN28O21S6. The van der Waals surface area contributed by atoms with Gasteiger partial charge in [0.15, 0.2) is 30.5 Å². The maximum absolute atomic E-state index is 11.9. The van der Waals surface area contributed by atoms with E-state index in [-0.39, 0.29) is 115 Å². The topological polar surface area (TPSA) is 777 Å². The summed E-state index contributed by atoms with van der Waals surface area (Å²) in [6.07, 6.45) is 10.1. The minimum atomic E-state index is -1.03. The highest BCUT2D eigenvalue weighted by Crippen LogP contribution is 2.20. The van der Waals surface area contributed by atoms with Gasteiger partial charge >= 0.3 is 35.0 Å². The van der Waals surface area contributed by atoms with Crippen LogP contribution in [0, 0.1) is 0 Å². The number of ether oxygens (including phenoxy) is 1. The second kappa shape index (κ2) is 58.5. The molecule has 7 heterocycles. The number of halogens is 1. The highest BCUT2D eigenvalue weighted by atomic mass is 79.9. The van der Waals surface area contributed by atoms with E-state index >= 15 is 0 Å². The number of hydrogen-bond donors (Lipinski definition) is 20. The average molecular weight is 2050 g/mol. The Kier molecular flexibility index (Phi) is 46.0. The van der Waals surface area contributed by atoms with E-state index in [1.807, 2.05) is 75.6 Å². The molecule has 0 fully saturated rings. The number of H-pyrrole nitrogens is 9. The first-order valence-electron chi connectivity index (χ1n) is 38.7. The number of carbonyl (C=O) groups excluding carboxylic acids is 7. The molecule has 7 aromatic heterocycles. The Hall–Kier alpha value is -16.3. The molecule has 0 atom stereocenters. The molecular weight excluding hydrogens is 1970 g/mol. The SMILES string of the molecule is COC(=O)c1ccc(NC(=O)CCSc2nc(N)cc(=O)[nH]2)cc1.Nc1cc(=O)[nH]c(SCCC(=O)NCc2ccc(C(=O)O)cc2)n1.Nc1cc(=O)[nH]c(SCCC(=O)Nc2ccc(C(=O)O)cc2)n1.O=C(CSc1n[nH]c(=O)[nH]c1=O)N/N=C/C=C/c1ccccc1.O=C(CSc1n[nH]c(=O)[nH]c1=O)N/N=C/c1ccc(Br)cc1.O=C(CSc1n[nH]c(=O)[nH]c1=O)N/N=C/c1ccccn1. The zero-order valence-electron chi connectivity index (χ0n) is 70.8.